The highest BCUT2D eigenvalue weighted by Gasteiger charge is 2.32. The average Bonchev–Trinajstić information content (AvgIpc) is 2.67. The summed E-state index contributed by atoms with van der Waals surface area (Å²) in [5.74, 6) is 0.937. The second kappa shape index (κ2) is 8.26. The van der Waals surface area contributed by atoms with Gasteiger partial charge in [0.15, 0.2) is 0 Å². The van der Waals surface area contributed by atoms with Crippen molar-refractivity contribution in [3.8, 4) is 5.75 Å². The summed E-state index contributed by atoms with van der Waals surface area (Å²) in [6.07, 6.45) is 2.98. The van der Waals surface area contributed by atoms with Crippen molar-refractivity contribution in [3.63, 3.8) is 0 Å². The van der Waals surface area contributed by atoms with Crippen LogP contribution in [0, 0.1) is 0 Å². The number of rotatable bonds is 7. The summed E-state index contributed by atoms with van der Waals surface area (Å²) < 4.78 is 5.98. The number of unbranched alkanes of at least 4 members (excludes halogenated alkanes) is 1. The average molecular weight is 352 g/mol. The van der Waals surface area contributed by atoms with Gasteiger partial charge in [-0.05, 0) is 49.6 Å². The number of hydrogen-bond acceptors (Lipinski definition) is 3. The highest BCUT2D eigenvalue weighted by molar-refractivity contribution is 6.01. The minimum Gasteiger partial charge on any atom is -0.491 e. The molecule has 4 nitrogen and oxygen atoms in total. The fourth-order valence-electron chi connectivity index (χ4n) is 3.19. The number of nitrogens with zero attached hydrogens (tertiary/aromatic N) is 1. The van der Waals surface area contributed by atoms with E-state index in [-0.39, 0.29) is 18.2 Å². The van der Waals surface area contributed by atoms with Crippen molar-refractivity contribution < 1.29 is 9.53 Å². The van der Waals surface area contributed by atoms with Crippen LogP contribution < -0.4 is 10.1 Å². The molecule has 0 spiro atoms. The van der Waals surface area contributed by atoms with Gasteiger partial charge in [0.2, 0.25) is 0 Å². The lowest BCUT2D eigenvalue weighted by atomic mass is 10.0. The Bertz CT molecular complexity index is 759. The molecule has 0 saturated heterocycles. The van der Waals surface area contributed by atoms with Gasteiger partial charge in [-0.25, -0.2) is 0 Å². The van der Waals surface area contributed by atoms with E-state index in [1.807, 2.05) is 47.4 Å². The standard InChI is InChI=1S/C22H28N2O2/c1-4-6-14-24-21(23-20-13-8-7-12-19(20)22(24)25)17-10-9-11-18(15-17)26-16(3)5-2/h7-13,15-16,21,23H,4-6,14H2,1-3H3. The van der Waals surface area contributed by atoms with Crippen LogP contribution in [0.4, 0.5) is 5.69 Å². The maximum Gasteiger partial charge on any atom is 0.257 e. The number of nitrogens with one attached hydrogen (secondary N) is 1. The predicted octanol–water partition coefficient (Wildman–Crippen LogP) is 5.23. The number of ether oxygens (including phenoxy) is 1. The number of amides is 1. The Kier molecular flexibility index (Phi) is 5.82. The molecule has 3 rings (SSSR count). The highest BCUT2D eigenvalue weighted by atomic mass is 16.5. The van der Waals surface area contributed by atoms with E-state index in [0.29, 0.717) is 0 Å². The molecule has 1 amide bonds. The number of hydrogen-bond donors (Lipinski definition) is 1. The first-order valence-corrected chi connectivity index (χ1v) is 9.57. The lowest BCUT2D eigenvalue weighted by Gasteiger charge is -2.38. The van der Waals surface area contributed by atoms with E-state index in [4.69, 9.17) is 4.74 Å². The van der Waals surface area contributed by atoms with Gasteiger partial charge in [-0.1, -0.05) is 44.5 Å². The quantitative estimate of drug-likeness (QED) is 0.742. The minimum absolute atomic E-state index is 0.0889. The van der Waals surface area contributed by atoms with Crippen LogP contribution in [0.2, 0.25) is 0 Å². The van der Waals surface area contributed by atoms with Gasteiger partial charge in [0.25, 0.3) is 5.91 Å². The van der Waals surface area contributed by atoms with Crippen LogP contribution >= 0.6 is 0 Å². The molecule has 0 radical (unpaired) electrons. The van der Waals surface area contributed by atoms with Crippen LogP contribution in [0.1, 0.15) is 62.1 Å². The molecule has 2 unspecified atom stereocenters. The lowest BCUT2D eigenvalue weighted by Crippen LogP contribution is -2.43. The zero-order valence-electron chi connectivity index (χ0n) is 15.9. The Morgan fingerprint density at radius 1 is 1.15 bits per heavy atom. The molecule has 0 aliphatic carbocycles. The maximum absolute atomic E-state index is 13.1. The van der Waals surface area contributed by atoms with Gasteiger partial charge in [-0.15, -0.1) is 0 Å². The molecule has 4 heteroatoms. The molecule has 26 heavy (non-hydrogen) atoms. The maximum atomic E-state index is 13.1. The number of benzene rings is 2. The van der Waals surface area contributed by atoms with Crippen molar-refractivity contribution >= 4 is 11.6 Å². The Morgan fingerprint density at radius 2 is 1.96 bits per heavy atom. The largest absolute Gasteiger partial charge is 0.491 e. The third-order valence-corrected chi connectivity index (χ3v) is 4.86. The van der Waals surface area contributed by atoms with Crippen molar-refractivity contribution in [1.29, 1.82) is 0 Å². The van der Waals surface area contributed by atoms with Crippen LogP contribution in [0.15, 0.2) is 48.5 Å². The van der Waals surface area contributed by atoms with E-state index in [0.717, 1.165) is 48.4 Å². The summed E-state index contributed by atoms with van der Waals surface area (Å²) in [6.45, 7) is 7.06. The SMILES string of the molecule is CCCCN1C(=O)c2ccccc2NC1c1cccc(OC(C)CC)c1. The molecule has 1 heterocycles. The Balaban J connectivity index is 1.93. The van der Waals surface area contributed by atoms with Gasteiger partial charge in [0.05, 0.1) is 11.7 Å². The summed E-state index contributed by atoms with van der Waals surface area (Å²) in [6, 6.07) is 15.8. The zero-order chi connectivity index (χ0) is 18.5. The second-order valence-electron chi connectivity index (χ2n) is 6.85. The number of fused-ring (bicyclic) bond motifs is 1. The molecule has 0 saturated carbocycles. The molecule has 2 aromatic rings. The molecule has 1 aliphatic heterocycles. The molecule has 1 aliphatic rings. The van der Waals surface area contributed by atoms with Crippen molar-refractivity contribution in [2.24, 2.45) is 0 Å². The summed E-state index contributed by atoms with van der Waals surface area (Å²) in [4.78, 5) is 15.0. The van der Waals surface area contributed by atoms with E-state index in [1.165, 1.54) is 0 Å². The third kappa shape index (κ3) is 3.85. The van der Waals surface area contributed by atoms with Gasteiger partial charge in [0.1, 0.15) is 11.9 Å². The molecule has 2 atom stereocenters. The molecular weight excluding hydrogens is 324 g/mol. The Hall–Kier alpha value is -2.49. The van der Waals surface area contributed by atoms with Gasteiger partial charge in [-0.3, -0.25) is 4.79 Å². The Labute approximate surface area is 156 Å². The van der Waals surface area contributed by atoms with Crippen LogP contribution in [-0.4, -0.2) is 23.5 Å². The third-order valence-electron chi connectivity index (χ3n) is 4.86. The summed E-state index contributed by atoms with van der Waals surface area (Å²) >= 11 is 0. The Morgan fingerprint density at radius 3 is 2.73 bits per heavy atom. The number of anilines is 1. The van der Waals surface area contributed by atoms with Crippen molar-refractivity contribution in [1.82, 2.24) is 4.90 Å². The summed E-state index contributed by atoms with van der Waals surface area (Å²) in [5, 5.41) is 3.55. The summed E-state index contributed by atoms with van der Waals surface area (Å²) in [5.41, 5.74) is 2.68. The molecule has 0 bridgehead atoms. The zero-order valence-corrected chi connectivity index (χ0v) is 15.9. The van der Waals surface area contributed by atoms with Crippen LogP contribution in [0.5, 0.6) is 5.75 Å². The van der Waals surface area contributed by atoms with Crippen molar-refractivity contribution in [2.75, 3.05) is 11.9 Å². The fraction of sp³-hybridized carbons (Fsp3) is 0.409. The molecule has 138 valence electrons. The molecule has 0 fully saturated rings. The molecule has 1 N–H and O–H groups in total. The van der Waals surface area contributed by atoms with Crippen LogP contribution in [-0.2, 0) is 0 Å². The van der Waals surface area contributed by atoms with Gasteiger partial charge in [-0.2, -0.15) is 0 Å². The van der Waals surface area contributed by atoms with E-state index >= 15 is 0 Å². The van der Waals surface area contributed by atoms with Crippen molar-refractivity contribution in [3.05, 3.63) is 59.7 Å². The van der Waals surface area contributed by atoms with E-state index in [2.05, 4.69) is 32.2 Å². The summed E-state index contributed by atoms with van der Waals surface area (Å²) in [7, 11) is 0. The van der Waals surface area contributed by atoms with Gasteiger partial charge in [0, 0.05) is 12.2 Å². The van der Waals surface area contributed by atoms with Crippen LogP contribution in [0.25, 0.3) is 0 Å². The molecule has 2 aromatic carbocycles. The fourth-order valence-corrected chi connectivity index (χ4v) is 3.19. The molecular formula is C22H28N2O2. The smallest absolute Gasteiger partial charge is 0.257 e. The first kappa shape index (κ1) is 18.3. The van der Waals surface area contributed by atoms with Gasteiger partial charge < -0.3 is 15.0 Å². The van der Waals surface area contributed by atoms with E-state index in [1.54, 1.807) is 0 Å². The monoisotopic (exact) mass is 352 g/mol. The van der Waals surface area contributed by atoms with E-state index < -0.39 is 0 Å². The highest BCUT2D eigenvalue weighted by Crippen LogP contribution is 2.34. The molecule has 0 aromatic heterocycles. The predicted molar refractivity (Wildman–Crippen MR) is 106 cm³/mol. The second-order valence-corrected chi connectivity index (χ2v) is 6.85. The number of carbonyl (C=O) groups is 1. The first-order valence-electron chi connectivity index (χ1n) is 9.57. The van der Waals surface area contributed by atoms with Crippen LogP contribution in [0.3, 0.4) is 0 Å². The number of para-hydroxylation sites is 1. The first-order chi connectivity index (χ1) is 12.6. The minimum atomic E-state index is -0.176. The number of carbonyl (C=O) groups excluding carboxylic acids is 1. The lowest BCUT2D eigenvalue weighted by molar-refractivity contribution is 0.0680. The topological polar surface area (TPSA) is 41.6 Å². The van der Waals surface area contributed by atoms with E-state index in [9.17, 15) is 4.79 Å². The van der Waals surface area contributed by atoms with Gasteiger partial charge >= 0.3 is 0 Å². The normalized spacial score (nSPS) is 17.4. The van der Waals surface area contributed by atoms with Crippen molar-refractivity contribution in [2.45, 2.75) is 52.3 Å².